The second-order valence-electron chi connectivity index (χ2n) is 7.88. The van der Waals surface area contributed by atoms with Gasteiger partial charge in [0.05, 0.1) is 10.2 Å². The molecule has 0 fully saturated rings. The third-order valence-electron chi connectivity index (χ3n) is 5.18. The van der Waals surface area contributed by atoms with E-state index < -0.39 is 0 Å². The lowest BCUT2D eigenvalue weighted by molar-refractivity contribution is 0.102. The highest BCUT2D eigenvalue weighted by atomic mass is 32.1. The minimum Gasteiger partial charge on any atom is -0.337 e. The molecule has 0 saturated carbocycles. The molecule has 8 heteroatoms. The number of nitrogens with zero attached hydrogens (tertiary/aromatic N) is 2. The summed E-state index contributed by atoms with van der Waals surface area (Å²) in [6.45, 7) is 6.48. The molecule has 0 aliphatic rings. The van der Waals surface area contributed by atoms with Crippen molar-refractivity contribution in [2.45, 2.75) is 27.2 Å². The van der Waals surface area contributed by atoms with Crippen molar-refractivity contribution < 1.29 is 9.59 Å². The molecule has 2 aromatic heterocycles. The van der Waals surface area contributed by atoms with E-state index in [2.05, 4.69) is 25.9 Å². The predicted molar refractivity (Wildman–Crippen MR) is 133 cm³/mol. The van der Waals surface area contributed by atoms with Crippen molar-refractivity contribution >= 4 is 44.3 Å². The van der Waals surface area contributed by atoms with E-state index in [-0.39, 0.29) is 11.9 Å². The molecule has 7 nitrogen and oxygen atoms in total. The first-order chi connectivity index (χ1) is 15.9. The number of carbonyl (C=O) groups excluding carboxylic acids is 2. The number of urea groups is 1. The van der Waals surface area contributed by atoms with Gasteiger partial charge in [0.1, 0.15) is 0 Å². The van der Waals surface area contributed by atoms with Crippen molar-refractivity contribution in [3.05, 3.63) is 82.7 Å². The summed E-state index contributed by atoms with van der Waals surface area (Å²) < 4.78 is 0.823. The third kappa shape index (κ3) is 5.53. The molecular weight excluding hydrogens is 434 g/mol. The Kier molecular flexibility index (Phi) is 6.65. The van der Waals surface area contributed by atoms with Crippen LogP contribution in [0, 0.1) is 20.8 Å². The van der Waals surface area contributed by atoms with Gasteiger partial charge in [0.15, 0.2) is 5.13 Å². The molecule has 0 aliphatic heterocycles. The van der Waals surface area contributed by atoms with Gasteiger partial charge in [-0.25, -0.2) is 9.78 Å². The minimum atomic E-state index is -0.326. The maximum Gasteiger partial charge on any atom is 0.321 e. The van der Waals surface area contributed by atoms with Crippen LogP contribution in [-0.4, -0.2) is 28.5 Å². The number of fused-ring (bicyclic) bond motifs is 1. The number of pyridine rings is 1. The molecule has 2 heterocycles. The van der Waals surface area contributed by atoms with Crippen LogP contribution in [0.5, 0.6) is 0 Å². The predicted octanol–water partition coefficient (Wildman–Crippen LogP) is 5.23. The number of amides is 3. The Morgan fingerprint density at radius 2 is 1.76 bits per heavy atom. The Bertz CT molecular complexity index is 1290. The molecule has 0 atom stereocenters. The Balaban J connectivity index is 1.40. The van der Waals surface area contributed by atoms with E-state index in [1.807, 2.05) is 51.1 Å². The van der Waals surface area contributed by atoms with Crippen molar-refractivity contribution in [3.8, 4) is 0 Å². The second-order valence-corrected chi connectivity index (χ2v) is 8.91. The highest BCUT2D eigenvalue weighted by Gasteiger charge is 2.13. The molecule has 168 valence electrons. The first kappa shape index (κ1) is 22.4. The summed E-state index contributed by atoms with van der Waals surface area (Å²) in [5.74, 6) is -0.179. The Labute approximate surface area is 196 Å². The highest BCUT2D eigenvalue weighted by Crippen LogP contribution is 2.28. The van der Waals surface area contributed by atoms with Crippen LogP contribution in [0.3, 0.4) is 0 Å². The van der Waals surface area contributed by atoms with Crippen LogP contribution in [0.15, 0.2) is 54.7 Å². The van der Waals surface area contributed by atoms with Crippen LogP contribution in [-0.2, 0) is 6.42 Å². The number of nitrogens with one attached hydrogen (secondary N) is 3. The molecule has 3 N–H and O–H groups in total. The van der Waals surface area contributed by atoms with Gasteiger partial charge in [-0.2, -0.15) is 0 Å². The van der Waals surface area contributed by atoms with E-state index >= 15 is 0 Å². The zero-order chi connectivity index (χ0) is 23.4. The van der Waals surface area contributed by atoms with E-state index in [1.165, 1.54) is 11.3 Å². The number of hydrogen-bond acceptors (Lipinski definition) is 5. The number of benzene rings is 2. The molecule has 0 spiro atoms. The fraction of sp³-hybridized carbons (Fsp3) is 0.200. The van der Waals surface area contributed by atoms with Crippen LogP contribution in [0.4, 0.5) is 15.6 Å². The fourth-order valence-electron chi connectivity index (χ4n) is 3.67. The van der Waals surface area contributed by atoms with E-state index in [0.29, 0.717) is 23.7 Å². The summed E-state index contributed by atoms with van der Waals surface area (Å²) in [5.41, 5.74) is 6.23. The summed E-state index contributed by atoms with van der Waals surface area (Å²) in [5, 5.41) is 9.07. The minimum absolute atomic E-state index is 0.179. The lowest BCUT2D eigenvalue weighted by Gasteiger charge is -2.12. The zero-order valence-corrected chi connectivity index (χ0v) is 19.5. The van der Waals surface area contributed by atoms with Crippen LogP contribution in [0.2, 0.25) is 0 Å². The van der Waals surface area contributed by atoms with E-state index in [1.54, 1.807) is 24.4 Å². The van der Waals surface area contributed by atoms with Crippen LogP contribution >= 0.6 is 11.3 Å². The summed E-state index contributed by atoms with van der Waals surface area (Å²) in [7, 11) is 0. The average Bonchev–Trinajstić information content (AvgIpc) is 3.18. The number of aryl methyl sites for hydroxylation is 3. The smallest absolute Gasteiger partial charge is 0.321 e. The maximum atomic E-state index is 12.9. The van der Waals surface area contributed by atoms with E-state index in [9.17, 15) is 9.59 Å². The topological polar surface area (TPSA) is 96.0 Å². The number of aromatic nitrogens is 2. The maximum absolute atomic E-state index is 12.9. The van der Waals surface area contributed by atoms with Gasteiger partial charge in [-0.15, -0.1) is 0 Å². The molecule has 2 aromatic carbocycles. The Morgan fingerprint density at radius 1 is 0.970 bits per heavy atom. The number of rotatable bonds is 6. The first-order valence-electron chi connectivity index (χ1n) is 10.6. The van der Waals surface area contributed by atoms with Gasteiger partial charge in [-0.1, -0.05) is 35.1 Å². The standard InChI is InChI=1S/C25H25N5O2S/c1-15-12-16(2)22(17(3)13-15)29-23(31)18-7-8-20-21(14-18)33-25(28-20)30-24(32)27-11-9-19-6-4-5-10-26-19/h4-8,10,12-14H,9,11H2,1-3H3,(H,29,31)(H2,27,28,30,32). The highest BCUT2D eigenvalue weighted by molar-refractivity contribution is 7.22. The van der Waals surface area contributed by atoms with Gasteiger partial charge < -0.3 is 10.6 Å². The van der Waals surface area contributed by atoms with Crippen molar-refractivity contribution in [3.63, 3.8) is 0 Å². The van der Waals surface area contributed by atoms with Crippen molar-refractivity contribution in [1.82, 2.24) is 15.3 Å². The zero-order valence-electron chi connectivity index (χ0n) is 18.7. The molecule has 0 bridgehead atoms. The van der Waals surface area contributed by atoms with Crippen molar-refractivity contribution in [1.29, 1.82) is 0 Å². The van der Waals surface area contributed by atoms with Crippen molar-refractivity contribution in [2.24, 2.45) is 0 Å². The van der Waals surface area contributed by atoms with Crippen LogP contribution < -0.4 is 16.0 Å². The lowest BCUT2D eigenvalue weighted by atomic mass is 10.0. The molecule has 4 rings (SSSR count). The van der Waals surface area contributed by atoms with Gasteiger partial charge in [-0.05, 0) is 62.2 Å². The molecule has 33 heavy (non-hydrogen) atoms. The fourth-order valence-corrected chi connectivity index (χ4v) is 4.57. The Hall–Kier alpha value is -3.78. The third-order valence-corrected chi connectivity index (χ3v) is 6.11. The molecule has 4 aromatic rings. The largest absolute Gasteiger partial charge is 0.337 e. The number of thiazole rings is 1. The van der Waals surface area contributed by atoms with Gasteiger partial charge >= 0.3 is 6.03 Å². The molecule has 0 saturated heterocycles. The quantitative estimate of drug-likeness (QED) is 0.368. The van der Waals surface area contributed by atoms with Gasteiger partial charge in [0.25, 0.3) is 5.91 Å². The second kappa shape index (κ2) is 9.79. The lowest BCUT2D eigenvalue weighted by Crippen LogP contribution is -2.30. The van der Waals surface area contributed by atoms with Crippen molar-refractivity contribution in [2.75, 3.05) is 17.2 Å². The first-order valence-corrected chi connectivity index (χ1v) is 11.5. The summed E-state index contributed by atoms with van der Waals surface area (Å²) >= 11 is 1.33. The van der Waals surface area contributed by atoms with Gasteiger partial charge in [-0.3, -0.25) is 15.1 Å². The molecule has 0 aliphatic carbocycles. The number of anilines is 2. The van der Waals surface area contributed by atoms with Gasteiger partial charge in [0.2, 0.25) is 0 Å². The Morgan fingerprint density at radius 3 is 2.48 bits per heavy atom. The SMILES string of the molecule is Cc1cc(C)c(NC(=O)c2ccc3nc(NC(=O)NCCc4ccccn4)sc3c2)c(C)c1. The van der Waals surface area contributed by atoms with Gasteiger partial charge in [0, 0.05) is 36.1 Å². The average molecular weight is 460 g/mol. The van der Waals surface area contributed by atoms with Crippen LogP contribution in [0.25, 0.3) is 10.2 Å². The number of carbonyl (C=O) groups is 2. The molecule has 0 unspecified atom stereocenters. The van der Waals surface area contributed by atoms with E-state index in [4.69, 9.17) is 0 Å². The van der Waals surface area contributed by atoms with E-state index in [0.717, 1.165) is 38.3 Å². The summed E-state index contributed by atoms with van der Waals surface area (Å²) in [4.78, 5) is 33.7. The monoisotopic (exact) mass is 459 g/mol. The normalized spacial score (nSPS) is 10.8. The molecule has 0 radical (unpaired) electrons. The molecular formula is C25H25N5O2S. The summed E-state index contributed by atoms with van der Waals surface area (Å²) in [6, 6.07) is 14.8. The summed E-state index contributed by atoms with van der Waals surface area (Å²) in [6.07, 6.45) is 2.38. The molecule has 3 amide bonds. The number of hydrogen-bond donors (Lipinski definition) is 3. The van der Waals surface area contributed by atoms with Crippen LogP contribution in [0.1, 0.15) is 32.7 Å².